The molecule has 0 unspecified atom stereocenters. The van der Waals surface area contributed by atoms with Crippen LogP contribution in [0.25, 0.3) is 0 Å². The summed E-state index contributed by atoms with van der Waals surface area (Å²) in [5.41, 5.74) is 1.94. The van der Waals surface area contributed by atoms with Crippen LogP contribution in [-0.2, 0) is 16.2 Å². The van der Waals surface area contributed by atoms with Crippen molar-refractivity contribution in [2.45, 2.75) is 19.4 Å². The monoisotopic (exact) mass is 638 g/mol. The molecule has 1 aliphatic heterocycles. The number of ether oxygens (including phenoxy) is 1. The molecule has 0 N–H and O–H groups in total. The minimum atomic E-state index is -0.234. The zero-order valence-electron chi connectivity index (χ0n) is 16.6. The molecule has 31 heavy (non-hydrogen) atoms. The van der Waals surface area contributed by atoms with E-state index >= 15 is 0 Å². The molecule has 0 aromatic heterocycles. The first-order valence-electron chi connectivity index (χ1n) is 10.3. The number of halogens is 2. The zero-order valence-corrected chi connectivity index (χ0v) is 20.9. The molecule has 0 spiro atoms. The van der Waals surface area contributed by atoms with Gasteiger partial charge in [-0.1, -0.05) is 42.5 Å². The number of carbonyl (C=O) groups excluding carboxylic acids is 2. The Morgan fingerprint density at radius 2 is 1.55 bits per heavy atom. The van der Waals surface area contributed by atoms with Gasteiger partial charge >= 0.3 is 0 Å². The maximum absolute atomic E-state index is 12.9. The van der Waals surface area contributed by atoms with E-state index < -0.39 is 0 Å². The van der Waals surface area contributed by atoms with Crippen LogP contribution in [0, 0.1) is 30.8 Å². The van der Waals surface area contributed by atoms with Gasteiger partial charge in [0.05, 0.1) is 25.2 Å². The van der Waals surface area contributed by atoms with E-state index in [2.05, 4.69) is 62.4 Å². The second kappa shape index (κ2) is 8.65. The number of nitrogens with zero attached hydrogens (tertiary/aromatic N) is 2. The van der Waals surface area contributed by atoms with Crippen LogP contribution in [0.5, 0.6) is 5.75 Å². The Morgan fingerprint density at radius 1 is 0.968 bits per heavy atom. The summed E-state index contributed by atoms with van der Waals surface area (Å²) >= 11 is 4.49. The van der Waals surface area contributed by atoms with E-state index in [4.69, 9.17) is 4.74 Å². The SMILES string of the molecule is O=C1[C@@H]2[C@@H](C(=O)N1/N=C\c1cc(I)c(OCc3ccccc3)c(I)c1)[C@H]1C=C[C@H]2CC1. The number of imide groups is 1. The first-order valence-corrected chi connectivity index (χ1v) is 12.4. The molecule has 3 aliphatic carbocycles. The van der Waals surface area contributed by atoms with Crippen molar-refractivity contribution in [1.82, 2.24) is 5.01 Å². The lowest BCUT2D eigenvalue weighted by Gasteiger charge is -2.37. The molecule has 1 saturated carbocycles. The Kier molecular flexibility index (Phi) is 5.89. The molecule has 2 aromatic rings. The lowest BCUT2D eigenvalue weighted by Crippen LogP contribution is -2.38. The summed E-state index contributed by atoms with van der Waals surface area (Å²) in [4.78, 5) is 25.8. The van der Waals surface area contributed by atoms with Gasteiger partial charge in [0.1, 0.15) is 12.4 Å². The van der Waals surface area contributed by atoms with Crippen LogP contribution >= 0.6 is 45.2 Å². The largest absolute Gasteiger partial charge is 0.487 e. The standard InChI is InChI=1S/C24H20I2N2O3/c25-18-10-15(11-19(26)22(18)31-13-14-4-2-1-3-5-14)12-27-28-23(29)20-16-6-7-17(9-8-16)21(20)24(28)30/h1-7,10-12,16-17,20-21H,8-9,13H2/b27-12-/t16-,17-,20-,21-/m0/s1. The van der Waals surface area contributed by atoms with E-state index in [1.54, 1.807) is 6.21 Å². The Balaban J connectivity index is 1.32. The van der Waals surface area contributed by atoms with Gasteiger partial charge in [0, 0.05) is 0 Å². The lowest BCUT2D eigenvalue weighted by atomic mass is 9.63. The molecule has 1 saturated heterocycles. The molecular formula is C24H20I2N2O3. The smallest absolute Gasteiger partial charge is 0.254 e. The quantitative estimate of drug-likeness (QED) is 0.201. The molecule has 1 heterocycles. The highest BCUT2D eigenvalue weighted by atomic mass is 127. The average molecular weight is 638 g/mol. The molecule has 0 radical (unpaired) electrons. The summed E-state index contributed by atoms with van der Waals surface area (Å²) in [5, 5.41) is 5.42. The summed E-state index contributed by atoms with van der Waals surface area (Å²) < 4.78 is 7.94. The number of fused-ring (bicyclic) bond motifs is 1. The first kappa shape index (κ1) is 21.1. The summed E-state index contributed by atoms with van der Waals surface area (Å²) in [6.07, 6.45) is 7.81. The van der Waals surface area contributed by atoms with Gasteiger partial charge in [0.25, 0.3) is 11.8 Å². The maximum Gasteiger partial charge on any atom is 0.254 e. The van der Waals surface area contributed by atoms with Gasteiger partial charge in [0.15, 0.2) is 0 Å². The van der Waals surface area contributed by atoms with Crippen molar-refractivity contribution in [3.63, 3.8) is 0 Å². The van der Waals surface area contributed by atoms with E-state index in [-0.39, 0.29) is 35.5 Å². The predicted molar refractivity (Wildman–Crippen MR) is 134 cm³/mol. The normalized spacial score (nSPS) is 26.7. The molecule has 158 valence electrons. The number of hydrazone groups is 1. The third-order valence-corrected chi connectivity index (χ3v) is 7.91. The number of hydrogen-bond donors (Lipinski definition) is 0. The van der Waals surface area contributed by atoms with Crippen molar-refractivity contribution in [2.24, 2.45) is 28.8 Å². The molecule has 4 atom stereocenters. The predicted octanol–water partition coefficient (Wildman–Crippen LogP) is 5.01. The van der Waals surface area contributed by atoms with Crippen molar-refractivity contribution in [1.29, 1.82) is 0 Å². The van der Waals surface area contributed by atoms with Crippen LogP contribution in [-0.4, -0.2) is 23.0 Å². The lowest BCUT2D eigenvalue weighted by molar-refractivity contribution is -0.140. The van der Waals surface area contributed by atoms with E-state index in [0.717, 1.165) is 41.9 Å². The van der Waals surface area contributed by atoms with Gasteiger partial charge in [0.2, 0.25) is 0 Å². The van der Waals surface area contributed by atoms with Gasteiger partial charge in [-0.15, -0.1) is 0 Å². The molecule has 7 heteroatoms. The second-order valence-corrected chi connectivity index (χ2v) is 10.5. The Labute approximate surface area is 208 Å². The second-order valence-electron chi connectivity index (χ2n) is 8.16. The molecular weight excluding hydrogens is 618 g/mol. The highest BCUT2D eigenvalue weighted by Gasteiger charge is 2.56. The molecule has 6 rings (SSSR count). The summed E-state index contributed by atoms with van der Waals surface area (Å²) in [7, 11) is 0. The minimum Gasteiger partial charge on any atom is -0.487 e. The summed E-state index contributed by atoms with van der Waals surface area (Å²) in [6.45, 7) is 0.496. The number of amides is 2. The van der Waals surface area contributed by atoms with Crippen molar-refractivity contribution < 1.29 is 14.3 Å². The molecule has 4 aliphatic rings. The Hall–Kier alpha value is -1.75. The highest BCUT2D eigenvalue weighted by Crippen LogP contribution is 2.49. The molecule has 2 bridgehead atoms. The van der Waals surface area contributed by atoms with E-state index in [0.29, 0.717) is 6.61 Å². The molecule has 2 amide bonds. The number of rotatable bonds is 5. The topological polar surface area (TPSA) is 59.0 Å². The van der Waals surface area contributed by atoms with E-state index in [1.165, 1.54) is 0 Å². The fraction of sp³-hybridized carbons (Fsp3) is 0.292. The van der Waals surface area contributed by atoms with E-state index in [1.807, 2.05) is 42.5 Å². The van der Waals surface area contributed by atoms with Gasteiger partial charge in [-0.05, 0) is 93.1 Å². The van der Waals surface area contributed by atoms with Crippen molar-refractivity contribution >= 4 is 63.2 Å². The van der Waals surface area contributed by atoms with Crippen molar-refractivity contribution in [3.8, 4) is 5.75 Å². The number of benzene rings is 2. The molecule has 2 fully saturated rings. The third kappa shape index (κ3) is 3.94. The summed E-state index contributed by atoms with van der Waals surface area (Å²) in [5.74, 6) is 0.397. The first-order chi connectivity index (χ1) is 15.0. The third-order valence-electron chi connectivity index (χ3n) is 6.30. The molecule has 2 aromatic carbocycles. The van der Waals surface area contributed by atoms with Gasteiger partial charge in [-0.25, -0.2) is 0 Å². The van der Waals surface area contributed by atoms with Crippen LogP contribution in [0.2, 0.25) is 0 Å². The van der Waals surface area contributed by atoms with Crippen LogP contribution in [0.1, 0.15) is 24.0 Å². The minimum absolute atomic E-state index is 0.155. The van der Waals surface area contributed by atoms with Gasteiger partial charge in [-0.3, -0.25) is 9.59 Å². The van der Waals surface area contributed by atoms with Crippen LogP contribution < -0.4 is 4.74 Å². The highest BCUT2D eigenvalue weighted by molar-refractivity contribution is 14.1. The molecule has 5 nitrogen and oxygen atoms in total. The average Bonchev–Trinajstić information content (AvgIpc) is 3.05. The van der Waals surface area contributed by atoms with Crippen molar-refractivity contribution in [2.75, 3.05) is 0 Å². The summed E-state index contributed by atoms with van der Waals surface area (Å²) in [6, 6.07) is 13.9. The van der Waals surface area contributed by atoms with Crippen LogP contribution in [0.3, 0.4) is 0 Å². The number of carbonyl (C=O) groups is 2. The Bertz CT molecular complexity index is 1040. The van der Waals surface area contributed by atoms with Crippen LogP contribution in [0.4, 0.5) is 0 Å². The van der Waals surface area contributed by atoms with Gasteiger partial charge < -0.3 is 4.74 Å². The van der Waals surface area contributed by atoms with Crippen molar-refractivity contribution in [3.05, 3.63) is 72.9 Å². The maximum atomic E-state index is 12.9. The zero-order chi connectivity index (χ0) is 21.5. The number of hydrogen-bond acceptors (Lipinski definition) is 4. The number of allylic oxidation sites excluding steroid dienone is 2. The van der Waals surface area contributed by atoms with E-state index in [9.17, 15) is 9.59 Å². The fourth-order valence-electron chi connectivity index (χ4n) is 4.82. The fourth-order valence-corrected chi connectivity index (χ4v) is 6.95. The van der Waals surface area contributed by atoms with Gasteiger partial charge in [-0.2, -0.15) is 10.1 Å². The van der Waals surface area contributed by atoms with Crippen LogP contribution in [0.15, 0.2) is 59.7 Å². The Morgan fingerprint density at radius 3 is 2.10 bits per heavy atom.